The number of anilines is 1. The smallest absolute Gasteiger partial charge is 0.322 e. The van der Waals surface area contributed by atoms with Crippen molar-refractivity contribution in [2.24, 2.45) is 0 Å². The fourth-order valence-corrected chi connectivity index (χ4v) is 2.76. The van der Waals surface area contributed by atoms with E-state index in [1.54, 1.807) is 30.3 Å². The van der Waals surface area contributed by atoms with Crippen molar-refractivity contribution in [3.8, 4) is 17.2 Å². The van der Waals surface area contributed by atoms with Crippen LogP contribution in [0, 0.1) is 0 Å². The van der Waals surface area contributed by atoms with Crippen LogP contribution in [0.4, 0.5) is 6.01 Å². The third-order valence-corrected chi connectivity index (χ3v) is 4.33. The van der Waals surface area contributed by atoms with E-state index in [9.17, 15) is 4.79 Å². The SMILES string of the molecule is CCCCOc1ccc(C(=O)Nc2nnc([C@@H]3COc4ccccc4O3)o2)cc1. The molecule has 1 amide bonds. The molecule has 150 valence electrons. The van der Waals surface area contributed by atoms with Crippen LogP contribution in [0.2, 0.25) is 0 Å². The van der Waals surface area contributed by atoms with Gasteiger partial charge < -0.3 is 18.6 Å². The molecule has 0 unspecified atom stereocenters. The highest BCUT2D eigenvalue weighted by atomic mass is 16.6. The van der Waals surface area contributed by atoms with Gasteiger partial charge in [0.25, 0.3) is 11.8 Å². The predicted octanol–water partition coefficient (Wildman–Crippen LogP) is 4.01. The maximum Gasteiger partial charge on any atom is 0.322 e. The number of fused-ring (bicyclic) bond motifs is 1. The number of hydrogen-bond donors (Lipinski definition) is 1. The molecule has 0 saturated heterocycles. The van der Waals surface area contributed by atoms with Crippen molar-refractivity contribution in [2.45, 2.75) is 25.9 Å². The highest BCUT2D eigenvalue weighted by Crippen LogP contribution is 2.35. The first-order valence-electron chi connectivity index (χ1n) is 9.49. The molecule has 1 aliphatic heterocycles. The largest absolute Gasteiger partial charge is 0.494 e. The van der Waals surface area contributed by atoms with Crippen molar-refractivity contribution in [1.82, 2.24) is 10.2 Å². The molecule has 0 fully saturated rings. The second kappa shape index (κ2) is 8.64. The predicted molar refractivity (Wildman–Crippen MR) is 104 cm³/mol. The second-order valence-corrected chi connectivity index (χ2v) is 6.49. The van der Waals surface area contributed by atoms with Crippen LogP contribution in [0.15, 0.2) is 52.9 Å². The molecule has 1 atom stereocenters. The van der Waals surface area contributed by atoms with Gasteiger partial charge in [-0.2, -0.15) is 0 Å². The third-order valence-electron chi connectivity index (χ3n) is 4.33. The van der Waals surface area contributed by atoms with E-state index in [-0.39, 0.29) is 24.4 Å². The summed E-state index contributed by atoms with van der Waals surface area (Å²) in [5.41, 5.74) is 0.457. The Bertz CT molecular complexity index is 970. The molecule has 1 aromatic heterocycles. The van der Waals surface area contributed by atoms with Gasteiger partial charge in [0.2, 0.25) is 6.10 Å². The lowest BCUT2D eigenvalue weighted by Crippen LogP contribution is -2.21. The van der Waals surface area contributed by atoms with E-state index >= 15 is 0 Å². The summed E-state index contributed by atoms with van der Waals surface area (Å²) < 4.78 is 22.6. The molecule has 1 N–H and O–H groups in total. The maximum absolute atomic E-state index is 12.4. The van der Waals surface area contributed by atoms with Crippen LogP contribution in [-0.4, -0.2) is 29.3 Å². The van der Waals surface area contributed by atoms with Crippen molar-refractivity contribution in [1.29, 1.82) is 0 Å². The van der Waals surface area contributed by atoms with Gasteiger partial charge in [-0.3, -0.25) is 10.1 Å². The number of rotatable bonds is 7. The van der Waals surface area contributed by atoms with E-state index in [1.807, 2.05) is 18.2 Å². The molecular formula is C21H21N3O5. The van der Waals surface area contributed by atoms with E-state index in [2.05, 4.69) is 22.4 Å². The number of benzene rings is 2. The van der Waals surface area contributed by atoms with Gasteiger partial charge in [0, 0.05) is 5.56 Å². The lowest BCUT2D eigenvalue weighted by atomic mass is 10.2. The Kier molecular flexibility index (Phi) is 5.60. The van der Waals surface area contributed by atoms with Gasteiger partial charge in [0.15, 0.2) is 11.5 Å². The van der Waals surface area contributed by atoms with Crippen LogP contribution in [-0.2, 0) is 0 Å². The summed E-state index contributed by atoms with van der Waals surface area (Å²) in [4.78, 5) is 12.4. The van der Waals surface area contributed by atoms with E-state index in [4.69, 9.17) is 18.6 Å². The number of carbonyl (C=O) groups is 1. The van der Waals surface area contributed by atoms with Crippen LogP contribution in [0.3, 0.4) is 0 Å². The molecule has 29 heavy (non-hydrogen) atoms. The van der Waals surface area contributed by atoms with Crippen LogP contribution >= 0.6 is 0 Å². The van der Waals surface area contributed by atoms with Crippen LogP contribution in [0.1, 0.15) is 42.1 Å². The normalized spacial score (nSPS) is 15.0. The minimum atomic E-state index is -0.539. The summed E-state index contributed by atoms with van der Waals surface area (Å²) in [5.74, 6) is 1.87. The van der Waals surface area contributed by atoms with Crippen molar-refractivity contribution in [3.63, 3.8) is 0 Å². The summed E-state index contributed by atoms with van der Waals surface area (Å²) in [5, 5.41) is 10.4. The molecule has 0 radical (unpaired) electrons. The fraction of sp³-hybridized carbons (Fsp3) is 0.286. The summed E-state index contributed by atoms with van der Waals surface area (Å²) in [6.45, 7) is 3.00. The van der Waals surface area contributed by atoms with Gasteiger partial charge in [0.05, 0.1) is 6.61 Å². The maximum atomic E-state index is 12.4. The zero-order chi connectivity index (χ0) is 20.1. The average Bonchev–Trinajstić information content (AvgIpc) is 3.22. The average molecular weight is 395 g/mol. The Morgan fingerprint density at radius 3 is 2.72 bits per heavy atom. The summed E-state index contributed by atoms with van der Waals surface area (Å²) in [6, 6.07) is 14.2. The van der Waals surface area contributed by atoms with Crippen molar-refractivity contribution in [2.75, 3.05) is 18.5 Å². The van der Waals surface area contributed by atoms with Gasteiger partial charge in [-0.15, -0.1) is 5.10 Å². The first-order valence-corrected chi connectivity index (χ1v) is 9.49. The first-order chi connectivity index (χ1) is 14.2. The summed E-state index contributed by atoms with van der Waals surface area (Å²) in [7, 11) is 0. The van der Waals surface area contributed by atoms with Gasteiger partial charge in [-0.05, 0) is 42.8 Å². The van der Waals surface area contributed by atoms with Gasteiger partial charge in [-0.25, -0.2) is 0 Å². The lowest BCUT2D eigenvalue weighted by Gasteiger charge is -2.23. The standard InChI is InChI=1S/C21H21N3O5/c1-2-3-12-26-15-10-8-14(9-11-15)19(25)22-21-24-23-20(29-21)18-13-27-16-6-4-5-7-17(16)28-18/h4-11,18H,2-3,12-13H2,1H3,(H,22,24,25)/t18-/m0/s1. The number of ether oxygens (including phenoxy) is 3. The molecule has 0 aliphatic carbocycles. The van der Waals surface area contributed by atoms with E-state index in [1.165, 1.54) is 0 Å². The Morgan fingerprint density at radius 2 is 1.93 bits per heavy atom. The molecular weight excluding hydrogens is 374 g/mol. The number of unbranched alkanes of at least 4 members (excludes halogenated alkanes) is 1. The molecule has 0 spiro atoms. The highest BCUT2D eigenvalue weighted by Gasteiger charge is 2.27. The first kappa shape index (κ1) is 18.8. The van der Waals surface area contributed by atoms with Crippen molar-refractivity contribution >= 4 is 11.9 Å². The minimum absolute atomic E-state index is 0.00395. The zero-order valence-electron chi connectivity index (χ0n) is 16.0. The van der Waals surface area contributed by atoms with Gasteiger partial charge in [0.1, 0.15) is 12.4 Å². The Labute approximate surface area is 167 Å². The molecule has 0 saturated carbocycles. The third kappa shape index (κ3) is 4.48. The topological polar surface area (TPSA) is 95.7 Å². The van der Waals surface area contributed by atoms with E-state index in [0.29, 0.717) is 23.7 Å². The van der Waals surface area contributed by atoms with Gasteiger partial charge >= 0.3 is 6.01 Å². The molecule has 2 aromatic carbocycles. The highest BCUT2D eigenvalue weighted by molar-refractivity contribution is 6.03. The molecule has 3 aromatic rings. The van der Waals surface area contributed by atoms with E-state index < -0.39 is 6.10 Å². The number of para-hydroxylation sites is 2. The number of carbonyl (C=O) groups excluding carboxylic acids is 1. The fourth-order valence-electron chi connectivity index (χ4n) is 2.76. The minimum Gasteiger partial charge on any atom is -0.494 e. The number of aromatic nitrogens is 2. The lowest BCUT2D eigenvalue weighted by molar-refractivity contribution is 0.0716. The number of hydrogen-bond acceptors (Lipinski definition) is 7. The Morgan fingerprint density at radius 1 is 1.14 bits per heavy atom. The second-order valence-electron chi connectivity index (χ2n) is 6.49. The molecule has 1 aliphatic rings. The number of amides is 1. The van der Waals surface area contributed by atoms with Crippen molar-refractivity contribution in [3.05, 3.63) is 60.0 Å². The summed E-state index contributed by atoms with van der Waals surface area (Å²) in [6.07, 6.45) is 1.52. The van der Waals surface area contributed by atoms with Crippen LogP contribution in [0.5, 0.6) is 17.2 Å². The van der Waals surface area contributed by atoms with Gasteiger partial charge in [-0.1, -0.05) is 30.6 Å². The van der Waals surface area contributed by atoms with Crippen LogP contribution in [0.25, 0.3) is 0 Å². The molecule has 8 heteroatoms. The molecule has 8 nitrogen and oxygen atoms in total. The molecule has 4 rings (SSSR count). The van der Waals surface area contributed by atoms with E-state index in [0.717, 1.165) is 18.6 Å². The molecule has 2 heterocycles. The monoisotopic (exact) mass is 395 g/mol. The quantitative estimate of drug-likeness (QED) is 0.604. The summed E-state index contributed by atoms with van der Waals surface area (Å²) >= 11 is 0. The zero-order valence-corrected chi connectivity index (χ0v) is 16.0. The Balaban J connectivity index is 1.36. The van der Waals surface area contributed by atoms with Crippen molar-refractivity contribution < 1.29 is 23.4 Å². The number of nitrogens with one attached hydrogen (secondary N) is 1. The number of nitrogens with zero attached hydrogens (tertiary/aromatic N) is 2. The van der Waals surface area contributed by atoms with Crippen LogP contribution < -0.4 is 19.5 Å². The molecule has 0 bridgehead atoms. The Hall–Kier alpha value is -3.55.